The summed E-state index contributed by atoms with van der Waals surface area (Å²) in [5.74, 6) is -1.63. The lowest BCUT2D eigenvalue weighted by molar-refractivity contribution is -0.137. The van der Waals surface area contributed by atoms with E-state index in [2.05, 4.69) is 41.7 Å². The van der Waals surface area contributed by atoms with Gasteiger partial charge < -0.3 is 14.8 Å². The Bertz CT molecular complexity index is 1300. The van der Waals surface area contributed by atoms with Crippen LogP contribution in [0.15, 0.2) is 66.7 Å². The highest BCUT2D eigenvalue weighted by Crippen LogP contribution is 2.38. The van der Waals surface area contributed by atoms with Crippen LogP contribution in [0.3, 0.4) is 0 Å². The third kappa shape index (κ3) is 6.91. The number of carbonyl (C=O) groups is 1. The second-order valence-electron chi connectivity index (χ2n) is 10.6. The molecule has 8 heteroatoms. The second kappa shape index (κ2) is 12.5. The number of halogens is 4. The molecule has 3 aromatic rings. The Kier molecular flexibility index (Phi) is 8.86. The highest BCUT2D eigenvalue weighted by Gasteiger charge is 2.32. The largest absolute Gasteiger partial charge is 0.416 e. The van der Waals surface area contributed by atoms with Crippen molar-refractivity contribution >= 4 is 11.6 Å². The molecule has 1 N–H and O–H groups in total. The van der Waals surface area contributed by atoms with E-state index in [4.69, 9.17) is 9.47 Å². The maximum atomic E-state index is 14.3. The van der Waals surface area contributed by atoms with E-state index in [1.807, 2.05) is 12.1 Å². The molecule has 40 heavy (non-hydrogen) atoms. The second-order valence-corrected chi connectivity index (χ2v) is 10.6. The van der Waals surface area contributed by atoms with Gasteiger partial charge >= 0.3 is 6.18 Å². The Morgan fingerprint density at radius 3 is 2.42 bits per heavy atom. The summed E-state index contributed by atoms with van der Waals surface area (Å²) in [5.41, 5.74) is 3.17. The van der Waals surface area contributed by atoms with Crippen LogP contribution < -0.4 is 5.32 Å². The molecule has 1 saturated carbocycles. The Morgan fingerprint density at radius 2 is 1.70 bits per heavy atom. The van der Waals surface area contributed by atoms with Crippen LogP contribution in [0, 0.1) is 11.7 Å². The van der Waals surface area contributed by atoms with Crippen LogP contribution in [-0.2, 0) is 27.1 Å². The van der Waals surface area contributed by atoms with E-state index in [-0.39, 0.29) is 29.5 Å². The molecule has 1 heterocycles. The van der Waals surface area contributed by atoms with Crippen molar-refractivity contribution in [3.8, 4) is 11.1 Å². The number of rotatable bonds is 7. The Balaban J connectivity index is 1.22. The summed E-state index contributed by atoms with van der Waals surface area (Å²) < 4.78 is 64.4. The summed E-state index contributed by atoms with van der Waals surface area (Å²) in [6, 6.07) is 18.8. The Hall–Kier alpha value is -3.23. The van der Waals surface area contributed by atoms with Crippen molar-refractivity contribution in [2.24, 2.45) is 5.92 Å². The predicted molar refractivity (Wildman–Crippen MR) is 145 cm³/mol. The number of hydrogen-bond donors (Lipinski definition) is 1. The number of alkyl halides is 3. The van der Waals surface area contributed by atoms with Gasteiger partial charge in [0.25, 0.3) is 0 Å². The molecule has 0 radical (unpaired) electrons. The summed E-state index contributed by atoms with van der Waals surface area (Å²) in [4.78, 5) is 12.9. The van der Waals surface area contributed by atoms with E-state index in [0.29, 0.717) is 25.5 Å². The standard InChI is InChI=1S/C32H33F4NO3/c33-29-19-26(32(34,35)36)12-13-30(29)37-31(38)24-6-3-5-23(18-24)21-8-10-22(11-9-21)28-7-2-1-4-25(28)20-40-27-14-16-39-17-15-27/h1-2,4,7-13,19,23-24,27H,3,5-6,14-18,20H2,(H,37,38). The summed E-state index contributed by atoms with van der Waals surface area (Å²) in [6.45, 7) is 2.02. The van der Waals surface area contributed by atoms with Crippen molar-refractivity contribution in [1.82, 2.24) is 0 Å². The predicted octanol–water partition coefficient (Wildman–Crippen LogP) is 8.12. The van der Waals surface area contributed by atoms with Gasteiger partial charge in [0, 0.05) is 19.1 Å². The first-order valence-corrected chi connectivity index (χ1v) is 13.8. The van der Waals surface area contributed by atoms with Gasteiger partial charge in [-0.3, -0.25) is 4.79 Å². The highest BCUT2D eigenvalue weighted by molar-refractivity contribution is 5.92. The first-order valence-electron chi connectivity index (χ1n) is 13.8. The van der Waals surface area contributed by atoms with Crippen molar-refractivity contribution in [3.05, 3.63) is 89.2 Å². The molecule has 0 bridgehead atoms. The number of benzene rings is 3. The highest BCUT2D eigenvalue weighted by atomic mass is 19.4. The molecule has 4 nitrogen and oxygen atoms in total. The minimum atomic E-state index is -4.64. The molecule has 1 saturated heterocycles. The topological polar surface area (TPSA) is 47.6 Å². The molecule has 0 aromatic heterocycles. The van der Waals surface area contributed by atoms with Crippen molar-refractivity contribution < 1.29 is 31.8 Å². The van der Waals surface area contributed by atoms with Gasteiger partial charge in [0.2, 0.25) is 5.91 Å². The van der Waals surface area contributed by atoms with E-state index >= 15 is 0 Å². The molecule has 2 fully saturated rings. The Labute approximate surface area is 231 Å². The average molecular weight is 556 g/mol. The van der Waals surface area contributed by atoms with E-state index in [9.17, 15) is 22.4 Å². The van der Waals surface area contributed by atoms with Crippen LogP contribution in [0.2, 0.25) is 0 Å². The zero-order valence-electron chi connectivity index (χ0n) is 22.2. The molecule has 2 atom stereocenters. The lowest BCUT2D eigenvalue weighted by atomic mass is 9.77. The fourth-order valence-electron chi connectivity index (χ4n) is 5.67. The summed E-state index contributed by atoms with van der Waals surface area (Å²) in [5, 5.41) is 2.50. The van der Waals surface area contributed by atoms with Crippen molar-refractivity contribution in [1.29, 1.82) is 0 Å². The molecule has 0 spiro atoms. The van der Waals surface area contributed by atoms with Crippen LogP contribution in [0.1, 0.15) is 61.1 Å². The van der Waals surface area contributed by atoms with Crippen LogP contribution in [0.5, 0.6) is 0 Å². The normalized spacial score (nSPS) is 20.3. The van der Waals surface area contributed by atoms with Gasteiger partial charge in [-0.1, -0.05) is 55.0 Å². The maximum absolute atomic E-state index is 14.3. The number of carbonyl (C=O) groups excluding carboxylic acids is 1. The molecule has 3 aromatic carbocycles. The van der Waals surface area contributed by atoms with Crippen LogP contribution in [0.25, 0.3) is 11.1 Å². The maximum Gasteiger partial charge on any atom is 0.416 e. The van der Waals surface area contributed by atoms with Crippen LogP contribution in [0.4, 0.5) is 23.2 Å². The number of ether oxygens (including phenoxy) is 2. The van der Waals surface area contributed by atoms with Crippen molar-refractivity contribution in [3.63, 3.8) is 0 Å². The van der Waals surface area contributed by atoms with Gasteiger partial charge in [-0.05, 0) is 78.5 Å². The molecule has 1 aliphatic carbocycles. The first-order chi connectivity index (χ1) is 19.3. The van der Waals surface area contributed by atoms with E-state index in [1.165, 1.54) is 0 Å². The molecule has 2 aliphatic rings. The van der Waals surface area contributed by atoms with Gasteiger partial charge in [-0.25, -0.2) is 4.39 Å². The lowest BCUT2D eigenvalue weighted by Crippen LogP contribution is -2.28. The van der Waals surface area contributed by atoms with Gasteiger partial charge in [-0.15, -0.1) is 0 Å². The third-order valence-corrected chi connectivity index (χ3v) is 7.95. The van der Waals surface area contributed by atoms with Crippen molar-refractivity contribution in [2.45, 2.75) is 63.3 Å². The molecular weight excluding hydrogens is 522 g/mol. The number of anilines is 1. The number of amides is 1. The lowest BCUT2D eigenvalue weighted by Gasteiger charge is -2.29. The fraction of sp³-hybridized carbons (Fsp3) is 0.406. The number of nitrogens with one attached hydrogen (secondary N) is 1. The monoisotopic (exact) mass is 555 g/mol. The zero-order valence-corrected chi connectivity index (χ0v) is 22.2. The zero-order chi connectivity index (χ0) is 28.1. The molecule has 212 valence electrons. The fourth-order valence-corrected chi connectivity index (χ4v) is 5.67. The Morgan fingerprint density at radius 1 is 0.950 bits per heavy atom. The van der Waals surface area contributed by atoms with E-state index < -0.39 is 17.6 Å². The molecule has 5 rings (SSSR count). The number of hydrogen-bond acceptors (Lipinski definition) is 3. The summed E-state index contributed by atoms with van der Waals surface area (Å²) in [7, 11) is 0. The van der Waals surface area contributed by atoms with Gasteiger partial charge in [0.05, 0.1) is 24.0 Å². The average Bonchev–Trinajstić information content (AvgIpc) is 2.97. The first kappa shape index (κ1) is 28.3. The van der Waals surface area contributed by atoms with Crippen molar-refractivity contribution in [2.75, 3.05) is 18.5 Å². The third-order valence-electron chi connectivity index (χ3n) is 7.95. The van der Waals surface area contributed by atoms with Crippen LogP contribution in [-0.4, -0.2) is 25.2 Å². The van der Waals surface area contributed by atoms with Gasteiger partial charge in [0.15, 0.2) is 0 Å². The smallest absolute Gasteiger partial charge is 0.381 e. The minimum Gasteiger partial charge on any atom is -0.381 e. The molecule has 1 aliphatic heterocycles. The van der Waals surface area contributed by atoms with E-state index in [0.717, 1.165) is 73.3 Å². The van der Waals surface area contributed by atoms with Crippen LogP contribution >= 0.6 is 0 Å². The van der Waals surface area contributed by atoms with Gasteiger partial charge in [-0.2, -0.15) is 13.2 Å². The molecular formula is C32H33F4NO3. The summed E-state index contributed by atoms with van der Waals surface area (Å²) >= 11 is 0. The SMILES string of the molecule is O=C(Nc1ccc(C(F)(F)F)cc1F)C1CCCC(c2ccc(-c3ccccc3COC3CCOCC3)cc2)C1. The summed E-state index contributed by atoms with van der Waals surface area (Å²) in [6.07, 6.45) is 0.436. The molecule has 2 unspecified atom stereocenters. The quantitative estimate of drug-likeness (QED) is 0.300. The molecule has 1 amide bonds. The van der Waals surface area contributed by atoms with Gasteiger partial charge in [0.1, 0.15) is 5.82 Å². The van der Waals surface area contributed by atoms with E-state index in [1.54, 1.807) is 0 Å². The minimum absolute atomic E-state index is 0.170.